The summed E-state index contributed by atoms with van der Waals surface area (Å²) in [6.07, 6.45) is 4.15. The van der Waals surface area contributed by atoms with Gasteiger partial charge in [0.25, 0.3) is 0 Å². The molecule has 2 heterocycles. The smallest absolute Gasteiger partial charge is 0.164 e. The highest BCUT2D eigenvalue weighted by Gasteiger charge is 2.18. The van der Waals surface area contributed by atoms with E-state index in [1.165, 1.54) is 21.5 Å². The van der Waals surface area contributed by atoms with Gasteiger partial charge < -0.3 is 4.57 Å². The van der Waals surface area contributed by atoms with Crippen molar-refractivity contribution in [2.24, 2.45) is 0 Å². The van der Waals surface area contributed by atoms with Crippen molar-refractivity contribution in [1.82, 2.24) is 19.5 Å². The van der Waals surface area contributed by atoms with E-state index in [-0.39, 0.29) is 0 Å². The molecule has 6 aromatic carbocycles. The molecule has 0 fully saturated rings. The molecule has 46 heavy (non-hydrogen) atoms. The van der Waals surface area contributed by atoms with Crippen LogP contribution in [0.5, 0.6) is 0 Å². The van der Waals surface area contributed by atoms with Crippen molar-refractivity contribution in [3.63, 3.8) is 0 Å². The number of halogens is 1. The van der Waals surface area contributed by atoms with Gasteiger partial charge in [0.05, 0.1) is 16.7 Å². The lowest BCUT2D eigenvalue weighted by molar-refractivity contribution is 1.08. The number of rotatable bonds is 4. The van der Waals surface area contributed by atoms with Crippen LogP contribution in [0.3, 0.4) is 0 Å². The van der Waals surface area contributed by atoms with Crippen molar-refractivity contribution in [3.8, 4) is 39.9 Å². The lowest BCUT2D eigenvalue weighted by atomic mass is 10.0. The van der Waals surface area contributed by atoms with Gasteiger partial charge in [-0.1, -0.05) is 127 Å². The fourth-order valence-electron chi connectivity index (χ4n) is 6.80. The third-order valence-electron chi connectivity index (χ3n) is 8.94. The molecule has 0 atom stereocenters. The van der Waals surface area contributed by atoms with Crippen molar-refractivity contribution in [1.29, 1.82) is 0 Å². The van der Waals surface area contributed by atoms with E-state index in [1.807, 2.05) is 60.7 Å². The number of para-hydroxylation sites is 1. The molecule has 0 amide bonds. The minimum atomic E-state index is 0.645. The topological polar surface area (TPSA) is 43.6 Å². The van der Waals surface area contributed by atoms with Crippen LogP contribution in [-0.2, 0) is 0 Å². The lowest BCUT2D eigenvalue weighted by Gasteiger charge is -2.15. The predicted octanol–water partition coefficient (Wildman–Crippen LogP) is 9.04. The van der Waals surface area contributed by atoms with Crippen molar-refractivity contribution < 1.29 is 0 Å². The predicted molar refractivity (Wildman–Crippen MR) is 190 cm³/mol. The molecule has 0 saturated heterocycles. The number of nitrogens with zero attached hydrogens (tertiary/aromatic N) is 4. The van der Waals surface area contributed by atoms with Gasteiger partial charge in [0, 0.05) is 37.9 Å². The van der Waals surface area contributed by atoms with Crippen LogP contribution in [0.15, 0.2) is 133 Å². The van der Waals surface area contributed by atoms with Crippen molar-refractivity contribution in [3.05, 3.63) is 144 Å². The van der Waals surface area contributed by atoms with E-state index >= 15 is 0 Å². The van der Waals surface area contributed by atoms with Gasteiger partial charge in [0.15, 0.2) is 17.5 Å². The monoisotopic (exact) mass is 610 g/mol. The molecule has 218 valence electrons. The van der Waals surface area contributed by atoms with Crippen LogP contribution in [0.4, 0.5) is 0 Å². The van der Waals surface area contributed by atoms with E-state index in [9.17, 15) is 0 Å². The Bertz CT molecular complexity index is 2530. The Kier molecular flexibility index (Phi) is 6.29. The van der Waals surface area contributed by atoms with Crippen molar-refractivity contribution in [2.45, 2.75) is 12.8 Å². The average Bonchev–Trinajstić information content (AvgIpc) is 3.44. The van der Waals surface area contributed by atoms with Crippen LogP contribution in [0, 0.1) is 0 Å². The van der Waals surface area contributed by atoms with Gasteiger partial charge in [-0.25, -0.2) is 15.0 Å². The number of hydrogen-bond donors (Lipinski definition) is 0. The van der Waals surface area contributed by atoms with Gasteiger partial charge >= 0.3 is 0 Å². The first-order valence-electron chi connectivity index (χ1n) is 15.5. The molecule has 0 radical (unpaired) electrons. The second-order valence-electron chi connectivity index (χ2n) is 11.7. The third-order valence-corrected chi connectivity index (χ3v) is 9.34. The first-order valence-corrected chi connectivity index (χ1v) is 15.9. The SMILES string of the molecule is ClC1=c2cc3c4ccccc4n(-c4cccc5c(-c6nc(-c7ccccc7)nc(-c7ccccc7)n6)cccc45)c3cc2=CCC1. The van der Waals surface area contributed by atoms with Gasteiger partial charge in [-0.05, 0) is 52.9 Å². The molecule has 1 aliphatic rings. The molecule has 9 rings (SSSR count). The quantitative estimate of drug-likeness (QED) is 0.200. The van der Waals surface area contributed by atoms with Crippen LogP contribution in [-0.4, -0.2) is 19.5 Å². The lowest BCUT2D eigenvalue weighted by Crippen LogP contribution is -2.28. The summed E-state index contributed by atoms with van der Waals surface area (Å²) in [5.74, 6) is 1.94. The molecule has 8 aromatic rings. The zero-order chi connectivity index (χ0) is 30.6. The minimum Gasteiger partial charge on any atom is -0.309 e. The first-order chi connectivity index (χ1) is 22.7. The van der Waals surface area contributed by atoms with Crippen molar-refractivity contribution >= 4 is 55.3 Å². The molecule has 0 saturated carbocycles. The summed E-state index contributed by atoms with van der Waals surface area (Å²) in [4.78, 5) is 15.0. The second-order valence-corrected chi connectivity index (χ2v) is 12.1. The summed E-state index contributed by atoms with van der Waals surface area (Å²) in [6, 6.07) is 46.4. The van der Waals surface area contributed by atoms with Crippen LogP contribution >= 0.6 is 11.6 Å². The van der Waals surface area contributed by atoms with Gasteiger partial charge in [-0.3, -0.25) is 0 Å². The molecule has 0 N–H and O–H groups in total. The largest absolute Gasteiger partial charge is 0.309 e. The maximum absolute atomic E-state index is 6.75. The van der Waals surface area contributed by atoms with E-state index in [0.29, 0.717) is 17.5 Å². The number of hydrogen-bond acceptors (Lipinski definition) is 3. The number of fused-ring (bicyclic) bond motifs is 5. The molecule has 0 spiro atoms. The molecule has 2 aromatic heterocycles. The summed E-state index contributed by atoms with van der Waals surface area (Å²) in [7, 11) is 0. The van der Waals surface area contributed by atoms with Gasteiger partial charge in [-0.2, -0.15) is 0 Å². The van der Waals surface area contributed by atoms with Crippen LogP contribution in [0.2, 0.25) is 0 Å². The Morgan fingerprint density at radius 1 is 0.522 bits per heavy atom. The Morgan fingerprint density at radius 2 is 1.15 bits per heavy atom. The highest BCUT2D eigenvalue weighted by Crippen LogP contribution is 2.37. The summed E-state index contributed by atoms with van der Waals surface area (Å²) in [6.45, 7) is 0. The molecule has 4 nitrogen and oxygen atoms in total. The number of aromatic nitrogens is 4. The van der Waals surface area contributed by atoms with E-state index in [0.717, 1.165) is 61.8 Å². The third kappa shape index (κ3) is 4.33. The van der Waals surface area contributed by atoms with E-state index in [4.69, 9.17) is 26.6 Å². The second kappa shape index (κ2) is 10.8. The first kappa shape index (κ1) is 26.8. The maximum Gasteiger partial charge on any atom is 0.164 e. The summed E-state index contributed by atoms with van der Waals surface area (Å²) in [5.41, 5.74) is 6.30. The summed E-state index contributed by atoms with van der Waals surface area (Å²) < 4.78 is 2.39. The molecule has 0 aliphatic heterocycles. The standard InChI is InChI=1S/C41H27ClN4/c42-35-21-9-16-28-24-38-34(25-33(28)35)31-17-7-8-22-36(31)46(38)37-23-11-18-29-30(37)19-10-20-32(29)41-44-39(26-12-3-1-4-13-26)43-40(45-41)27-14-5-2-6-15-27/h1-8,10-20,22-25H,9,21H2. The van der Waals surface area contributed by atoms with E-state index in [2.05, 4.69) is 83.4 Å². The Labute approximate surface area is 270 Å². The Hall–Kier alpha value is -5.58. The zero-order valence-corrected chi connectivity index (χ0v) is 25.6. The van der Waals surface area contributed by atoms with Gasteiger partial charge in [0.1, 0.15) is 0 Å². The van der Waals surface area contributed by atoms with Gasteiger partial charge in [0.2, 0.25) is 0 Å². The fraction of sp³-hybridized carbons (Fsp3) is 0.0488. The normalized spacial score (nSPS) is 12.8. The highest BCUT2D eigenvalue weighted by atomic mass is 35.5. The zero-order valence-electron chi connectivity index (χ0n) is 24.9. The van der Waals surface area contributed by atoms with Crippen LogP contribution in [0.1, 0.15) is 12.8 Å². The number of benzene rings is 6. The van der Waals surface area contributed by atoms with E-state index in [1.54, 1.807) is 0 Å². The molecule has 1 aliphatic carbocycles. The molecule has 5 heteroatoms. The maximum atomic E-state index is 6.75. The van der Waals surface area contributed by atoms with Crippen LogP contribution in [0.25, 0.3) is 83.5 Å². The molecule has 0 bridgehead atoms. The summed E-state index contributed by atoms with van der Waals surface area (Å²) >= 11 is 6.75. The van der Waals surface area contributed by atoms with E-state index < -0.39 is 0 Å². The van der Waals surface area contributed by atoms with Crippen LogP contribution < -0.4 is 10.4 Å². The fourth-order valence-corrected chi connectivity index (χ4v) is 7.07. The summed E-state index contributed by atoms with van der Waals surface area (Å²) in [5, 5.41) is 7.89. The highest BCUT2D eigenvalue weighted by molar-refractivity contribution is 6.45. The Morgan fingerprint density at radius 3 is 1.91 bits per heavy atom. The molecular formula is C41H27ClN4. The molecule has 0 unspecified atom stereocenters. The molecular weight excluding hydrogens is 584 g/mol. The average molecular weight is 611 g/mol. The minimum absolute atomic E-state index is 0.645. The van der Waals surface area contributed by atoms with Crippen molar-refractivity contribution in [2.75, 3.05) is 0 Å². The Balaban J connectivity index is 1.32. The van der Waals surface area contributed by atoms with Gasteiger partial charge in [-0.15, -0.1) is 0 Å².